The molecule has 0 amide bonds. The average molecular weight is 296 g/mol. The van der Waals surface area contributed by atoms with Gasteiger partial charge in [-0.3, -0.25) is 0 Å². The van der Waals surface area contributed by atoms with Crippen molar-refractivity contribution in [1.82, 2.24) is 0 Å². The van der Waals surface area contributed by atoms with E-state index in [-0.39, 0.29) is 11.6 Å². The van der Waals surface area contributed by atoms with Crippen LogP contribution < -0.4 is 5.73 Å². The third-order valence-corrected chi connectivity index (χ3v) is 5.03. The molecular formula is C17H26ClNO. The van der Waals surface area contributed by atoms with Gasteiger partial charge in [-0.2, -0.15) is 0 Å². The minimum absolute atomic E-state index is 0.00538. The van der Waals surface area contributed by atoms with Crippen molar-refractivity contribution < 1.29 is 4.74 Å². The van der Waals surface area contributed by atoms with Gasteiger partial charge in [0.25, 0.3) is 0 Å². The van der Waals surface area contributed by atoms with Crippen molar-refractivity contribution in [2.75, 3.05) is 7.11 Å². The monoisotopic (exact) mass is 295 g/mol. The highest BCUT2D eigenvalue weighted by molar-refractivity contribution is 6.31. The predicted molar refractivity (Wildman–Crippen MR) is 85.3 cm³/mol. The van der Waals surface area contributed by atoms with Gasteiger partial charge in [-0.05, 0) is 43.4 Å². The standard InChI is InChI=1S/C17H26ClNO/c1-13-7-8-14(15(18)11-13)12-16(19)17(20-2)9-5-3-4-6-10-17/h7-8,11,16H,3-6,9-10,12,19H2,1-2H3. The molecule has 1 aromatic carbocycles. The van der Waals surface area contributed by atoms with Crippen molar-refractivity contribution >= 4 is 11.6 Å². The second kappa shape index (κ2) is 6.93. The first-order valence-electron chi connectivity index (χ1n) is 7.63. The fourth-order valence-electron chi connectivity index (χ4n) is 3.29. The van der Waals surface area contributed by atoms with Crippen LogP contribution in [0.25, 0.3) is 0 Å². The third-order valence-electron chi connectivity index (χ3n) is 4.68. The third kappa shape index (κ3) is 3.55. The van der Waals surface area contributed by atoms with Crippen molar-refractivity contribution in [2.24, 2.45) is 5.73 Å². The highest BCUT2D eigenvalue weighted by Crippen LogP contribution is 2.34. The second-order valence-electron chi connectivity index (χ2n) is 6.09. The van der Waals surface area contributed by atoms with E-state index >= 15 is 0 Å². The maximum atomic E-state index is 6.52. The molecule has 0 radical (unpaired) electrons. The van der Waals surface area contributed by atoms with Gasteiger partial charge in [-0.15, -0.1) is 0 Å². The molecule has 2 rings (SSSR count). The molecule has 1 aliphatic rings. The van der Waals surface area contributed by atoms with E-state index < -0.39 is 0 Å². The largest absolute Gasteiger partial charge is 0.377 e. The summed E-state index contributed by atoms with van der Waals surface area (Å²) in [7, 11) is 1.81. The van der Waals surface area contributed by atoms with Gasteiger partial charge in [0.1, 0.15) is 0 Å². The normalized spacial score (nSPS) is 20.4. The van der Waals surface area contributed by atoms with E-state index in [0.717, 1.165) is 29.8 Å². The van der Waals surface area contributed by atoms with Gasteiger partial charge < -0.3 is 10.5 Å². The van der Waals surface area contributed by atoms with Gasteiger partial charge in [0, 0.05) is 18.2 Å². The Labute approximate surface area is 127 Å². The Hall–Kier alpha value is -0.570. The summed E-state index contributed by atoms with van der Waals surface area (Å²) in [5, 5.41) is 0.820. The molecule has 1 fully saturated rings. The number of halogens is 1. The zero-order chi connectivity index (χ0) is 14.6. The minimum atomic E-state index is -0.176. The maximum absolute atomic E-state index is 6.52. The lowest BCUT2D eigenvalue weighted by atomic mass is 9.83. The predicted octanol–water partition coefficient (Wildman–Crippen LogP) is 4.26. The van der Waals surface area contributed by atoms with Crippen molar-refractivity contribution in [1.29, 1.82) is 0 Å². The number of methoxy groups -OCH3 is 1. The van der Waals surface area contributed by atoms with Gasteiger partial charge in [0.2, 0.25) is 0 Å². The molecule has 1 atom stereocenters. The van der Waals surface area contributed by atoms with E-state index in [4.69, 9.17) is 22.1 Å². The molecule has 0 aliphatic heterocycles. The van der Waals surface area contributed by atoms with E-state index in [2.05, 4.69) is 19.1 Å². The molecule has 1 saturated carbocycles. The van der Waals surface area contributed by atoms with E-state index in [1.165, 1.54) is 31.2 Å². The van der Waals surface area contributed by atoms with Gasteiger partial charge in [-0.25, -0.2) is 0 Å². The van der Waals surface area contributed by atoms with Crippen molar-refractivity contribution in [3.05, 3.63) is 34.3 Å². The molecular weight excluding hydrogens is 270 g/mol. The summed E-state index contributed by atoms with van der Waals surface area (Å²) in [6.07, 6.45) is 7.92. The van der Waals surface area contributed by atoms with E-state index in [0.29, 0.717) is 0 Å². The molecule has 112 valence electrons. The first kappa shape index (κ1) is 15.8. The fourth-order valence-corrected chi connectivity index (χ4v) is 3.61. The van der Waals surface area contributed by atoms with Crippen molar-refractivity contribution in [3.8, 4) is 0 Å². The van der Waals surface area contributed by atoms with Crippen LogP contribution in [0.4, 0.5) is 0 Å². The summed E-state index contributed by atoms with van der Waals surface area (Å²) in [6, 6.07) is 6.21. The molecule has 0 spiro atoms. The Morgan fingerprint density at radius 1 is 1.25 bits per heavy atom. The molecule has 0 aromatic heterocycles. The van der Waals surface area contributed by atoms with Crippen LogP contribution in [0.3, 0.4) is 0 Å². The maximum Gasteiger partial charge on any atom is 0.0832 e. The number of hydrogen-bond donors (Lipinski definition) is 1. The Morgan fingerprint density at radius 3 is 2.45 bits per heavy atom. The summed E-state index contributed by atoms with van der Waals surface area (Å²) in [5.41, 5.74) is 8.66. The quantitative estimate of drug-likeness (QED) is 0.843. The van der Waals surface area contributed by atoms with Crippen LogP contribution in [0.15, 0.2) is 18.2 Å². The van der Waals surface area contributed by atoms with Gasteiger partial charge in [0.15, 0.2) is 0 Å². The van der Waals surface area contributed by atoms with E-state index in [1.54, 1.807) is 0 Å². The zero-order valence-electron chi connectivity index (χ0n) is 12.6. The lowest BCUT2D eigenvalue weighted by Crippen LogP contribution is -2.50. The summed E-state index contributed by atoms with van der Waals surface area (Å²) in [5.74, 6) is 0. The van der Waals surface area contributed by atoms with Crippen LogP contribution in [0.5, 0.6) is 0 Å². The van der Waals surface area contributed by atoms with Gasteiger partial charge in [-0.1, -0.05) is 49.4 Å². The number of aryl methyl sites for hydroxylation is 1. The molecule has 1 aromatic rings. The van der Waals surface area contributed by atoms with E-state index in [1.807, 2.05) is 13.2 Å². The number of rotatable bonds is 4. The highest BCUT2D eigenvalue weighted by Gasteiger charge is 2.37. The number of hydrogen-bond acceptors (Lipinski definition) is 2. The van der Waals surface area contributed by atoms with Crippen molar-refractivity contribution in [2.45, 2.75) is 63.5 Å². The topological polar surface area (TPSA) is 35.2 Å². The molecule has 2 N–H and O–H groups in total. The number of benzene rings is 1. The zero-order valence-corrected chi connectivity index (χ0v) is 13.4. The number of ether oxygens (including phenoxy) is 1. The molecule has 1 aliphatic carbocycles. The van der Waals surface area contributed by atoms with Crippen LogP contribution in [0.1, 0.15) is 49.7 Å². The Balaban J connectivity index is 2.13. The molecule has 0 heterocycles. The molecule has 1 unspecified atom stereocenters. The van der Waals surface area contributed by atoms with Crippen molar-refractivity contribution in [3.63, 3.8) is 0 Å². The van der Waals surface area contributed by atoms with Crippen LogP contribution >= 0.6 is 11.6 Å². The van der Waals surface area contributed by atoms with E-state index in [9.17, 15) is 0 Å². The summed E-state index contributed by atoms with van der Waals surface area (Å²) < 4.78 is 5.89. The Kier molecular flexibility index (Phi) is 5.48. The first-order chi connectivity index (χ1) is 9.57. The minimum Gasteiger partial charge on any atom is -0.377 e. The fraction of sp³-hybridized carbons (Fsp3) is 0.647. The molecule has 0 saturated heterocycles. The van der Waals surface area contributed by atoms with Crippen LogP contribution in [-0.2, 0) is 11.2 Å². The summed E-state index contributed by atoms with van der Waals surface area (Å²) in [4.78, 5) is 0. The Bertz CT molecular complexity index is 439. The smallest absolute Gasteiger partial charge is 0.0832 e. The Morgan fingerprint density at radius 2 is 1.90 bits per heavy atom. The highest BCUT2D eigenvalue weighted by atomic mass is 35.5. The molecule has 3 heteroatoms. The van der Waals surface area contributed by atoms with Gasteiger partial charge in [0.05, 0.1) is 5.60 Å². The summed E-state index contributed by atoms with van der Waals surface area (Å²) >= 11 is 6.34. The first-order valence-corrected chi connectivity index (χ1v) is 8.01. The molecule has 20 heavy (non-hydrogen) atoms. The van der Waals surface area contributed by atoms with Gasteiger partial charge >= 0.3 is 0 Å². The lowest BCUT2D eigenvalue weighted by Gasteiger charge is -2.37. The van der Waals surface area contributed by atoms with Crippen LogP contribution in [-0.4, -0.2) is 18.8 Å². The number of nitrogens with two attached hydrogens (primary N) is 1. The lowest BCUT2D eigenvalue weighted by molar-refractivity contribution is -0.0430. The average Bonchev–Trinajstić information content (AvgIpc) is 2.68. The summed E-state index contributed by atoms with van der Waals surface area (Å²) in [6.45, 7) is 2.05. The molecule has 0 bridgehead atoms. The van der Waals surface area contributed by atoms with Crippen LogP contribution in [0, 0.1) is 6.92 Å². The molecule has 2 nitrogen and oxygen atoms in total. The van der Waals surface area contributed by atoms with Crippen LogP contribution in [0.2, 0.25) is 5.02 Å². The SMILES string of the molecule is COC1(C(N)Cc2ccc(C)cc2Cl)CCCCCC1. The second-order valence-corrected chi connectivity index (χ2v) is 6.50.